The van der Waals surface area contributed by atoms with E-state index in [0.29, 0.717) is 18.0 Å². The zero-order valence-corrected chi connectivity index (χ0v) is 10.7. The van der Waals surface area contributed by atoms with Gasteiger partial charge in [0.25, 0.3) is 0 Å². The summed E-state index contributed by atoms with van der Waals surface area (Å²) in [5.74, 6) is 0.481. The highest BCUT2D eigenvalue weighted by molar-refractivity contribution is 5.94. The summed E-state index contributed by atoms with van der Waals surface area (Å²) in [7, 11) is 0. The molecule has 4 heteroatoms. The van der Waals surface area contributed by atoms with Crippen LogP contribution in [0, 0.1) is 5.92 Å². The van der Waals surface area contributed by atoms with Crippen LogP contribution < -0.4 is 0 Å². The van der Waals surface area contributed by atoms with Gasteiger partial charge in [0.1, 0.15) is 5.69 Å². The third-order valence-electron chi connectivity index (χ3n) is 3.07. The molecule has 0 aliphatic rings. The van der Waals surface area contributed by atoms with Crippen LogP contribution in [0.5, 0.6) is 0 Å². The fourth-order valence-corrected chi connectivity index (χ4v) is 1.75. The number of carbonyl (C=O) groups excluding carboxylic acids is 1. The molecular formula is C14H17N3O. The maximum Gasteiger partial charge on any atom is 0.183 e. The lowest BCUT2D eigenvalue weighted by Crippen LogP contribution is -2.11. The van der Waals surface area contributed by atoms with Crippen LogP contribution in [0.15, 0.2) is 36.5 Å². The number of hydrogen-bond donors (Lipinski definition) is 0. The molecule has 0 bridgehead atoms. The maximum atomic E-state index is 12.2. The third kappa shape index (κ3) is 2.64. The summed E-state index contributed by atoms with van der Waals surface area (Å²) in [5.41, 5.74) is 1.42. The predicted molar refractivity (Wildman–Crippen MR) is 69.8 cm³/mol. The van der Waals surface area contributed by atoms with Gasteiger partial charge in [0.05, 0.1) is 11.9 Å². The highest BCUT2D eigenvalue weighted by Gasteiger charge is 2.16. The molecule has 2 rings (SSSR count). The van der Waals surface area contributed by atoms with Crippen molar-refractivity contribution < 1.29 is 4.79 Å². The summed E-state index contributed by atoms with van der Waals surface area (Å²) in [6.07, 6.45) is 3.08. The summed E-state index contributed by atoms with van der Waals surface area (Å²) in [5, 5.41) is 7.83. The topological polar surface area (TPSA) is 47.8 Å². The quantitative estimate of drug-likeness (QED) is 0.759. The summed E-state index contributed by atoms with van der Waals surface area (Å²) in [6, 6.07) is 9.59. The van der Waals surface area contributed by atoms with E-state index in [0.717, 1.165) is 12.1 Å². The highest BCUT2D eigenvalue weighted by atomic mass is 16.1. The molecule has 2 aromatic rings. The fraction of sp³-hybridized carbons (Fsp3) is 0.357. The lowest BCUT2D eigenvalue weighted by Gasteiger charge is -2.08. The van der Waals surface area contributed by atoms with Crippen molar-refractivity contribution in [2.75, 3.05) is 0 Å². The molecule has 18 heavy (non-hydrogen) atoms. The van der Waals surface area contributed by atoms with Gasteiger partial charge in [-0.25, -0.2) is 4.68 Å². The van der Waals surface area contributed by atoms with Gasteiger partial charge in [-0.1, -0.05) is 43.7 Å². The zero-order chi connectivity index (χ0) is 13.0. The smallest absolute Gasteiger partial charge is 0.183 e. The minimum atomic E-state index is 0.0956. The first kappa shape index (κ1) is 12.5. The summed E-state index contributed by atoms with van der Waals surface area (Å²) >= 11 is 0. The van der Waals surface area contributed by atoms with Gasteiger partial charge >= 0.3 is 0 Å². The van der Waals surface area contributed by atoms with Crippen molar-refractivity contribution in [3.63, 3.8) is 0 Å². The third-order valence-corrected chi connectivity index (χ3v) is 3.07. The number of hydrogen-bond acceptors (Lipinski definition) is 3. The van der Waals surface area contributed by atoms with Crippen LogP contribution in [-0.2, 0) is 0 Å². The van der Waals surface area contributed by atoms with E-state index in [-0.39, 0.29) is 5.78 Å². The van der Waals surface area contributed by atoms with E-state index in [9.17, 15) is 4.79 Å². The molecule has 94 valence electrons. The Morgan fingerprint density at radius 3 is 2.72 bits per heavy atom. The predicted octanol–water partition coefficient (Wildman–Crippen LogP) is 2.89. The normalized spacial score (nSPS) is 12.3. The van der Waals surface area contributed by atoms with Gasteiger partial charge in [0, 0.05) is 6.42 Å². The van der Waals surface area contributed by atoms with Crippen molar-refractivity contribution in [3.05, 3.63) is 42.2 Å². The Hall–Kier alpha value is -1.97. The van der Waals surface area contributed by atoms with Gasteiger partial charge in [-0.05, 0) is 18.1 Å². The Balaban J connectivity index is 2.26. The van der Waals surface area contributed by atoms with Crippen LogP contribution in [0.3, 0.4) is 0 Å². The van der Waals surface area contributed by atoms with E-state index in [1.807, 2.05) is 30.3 Å². The Bertz CT molecular complexity index is 519. The van der Waals surface area contributed by atoms with Crippen LogP contribution in [0.2, 0.25) is 0 Å². The maximum absolute atomic E-state index is 12.2. The van der Waals surface area contributed by atoms with Gasteiger partial charge in [0.15, 0.2) is 5.78 Å². The molecule has 1 heterocycles. The molecule has 0 N–H and O–H groups in total. The second-order valence-electron chi connectivity index (χ2n) is 4.51. The molecule has 0 saturated heterocycles. The number of rotatable bonds is 5. The van der Waals surface area contributed by atoms with E-state index in [4.69, 9.17) is 0 Å². The van der Waals surface area contributed by atoms with Crippen molar-refractivity contribution in [2.45, 2.75) is 26.7 Å². The number of Topliss-reactive ketones (excluding diaryl/α,β-unsaturated/α-hetero) is 1. The van der Waals surface area contributed by atoms with Gasteiger partial charge in [-0.15, -0.1) is 5.10 Å². The number of benzene rings is 1. The average Bonchev–Trinajstić information content (AvgIpc) is 2.88. The number of aromatic nitrogens is 3. The minimum Gasteiger partial charge on any atom is -0.292 e. The first-order chi connectivity index (χ1) is 8.72. The van der Waals surface area contributed by atoms with E-state index >= 15 is 0 Å². The van der Waals surface area contributed by atoms with Crippen molar-refractivity contribution in [1.29, 1.82) is 0 Å². The average molecular weight is 243 g/mol. The monoisotopic (exact) mass is 243 g/mol. The summed E-state index contributed by atoms with van der Waals surface area (Å²) in [4.78, 5) is 12.2. The Morgan fingerprint density at radius 1 is 1.33 bits per heavy atom. The molecule has 0 spiro atoms. The molecule has 4 nitrogen and oxygen atoms in total. The molecule has 0 aliphatic heterocycles. The molecule has 0 aliphatic carbocycles. The van der Waals surface area contributed by atoms with Crippen LogP contribution in [0.4, 0.5) is 0 Å². The van der Waals surface area contributed by atoms with Gasteiger partial charge in [0.2, 0.25) is 0 Å². The van der Waals surface area contributed by atoms with Crippen LogP contribution in [-0.4, -0.2) is 20.8 Å². The summed E-state index contributed by atoms with van der Waals surface area (Å²) in [6.45, 7) is 4.17. The lowest BCUT2D eigenvalue weighted by atomic mass is 10.0. The first-order valence-electron chi connectivity index (χ1n) is 6.21. The Morgan fingerprint density at radius 2 is 2.06 bits per heavy atom. The molecule has 0 fully saturated rings. The Labute approximate surface area is 107 Å². The first-order valence-corrected chi connectivity index (χ1v) is 6.21. The number of ketones is 1. The molecule has 0 amide bonds. The summed E-state index contributed by atoms with van der Waals surface area (Å²) < 4.78 is 1.60. The molecule has 1 aromatic carbocycles. The molecular weight excluding hydrogens is 226 g/mol. The zero-order valence-electron chi connectivity index (χ0n) is 10.7. The highest BCUT2D eigenvalue weighted by Crippen LogP contribution is 2.14. The van der Waals surface area contributed by atoms with Crippen LogP contribution in [0.1, 0.15) is 37.2 Å². The lowest BCUT2D eigenvalue weighted by molar-refractivity contribution is 0.0956. The number of para-hydroxylation sites is 1. The van der Waals surface area contributed by atoms with E-state index < -0.39 is 0 Å². The van der Waals surface area contributed by atoms with Crippen molar-refractivity contribution in [2.24, 2.45) is 5.92 Å². The van der Waals surface area contributed by atoms with Crippen LogP contribution >= 0.6 is 0 Å². The molecule has 1 unspecified atom stereocenters. The molecule has 1 atom stereocenters. The van der Waals surface area contributed by atoms with Crippen LogP contribution in [0.25, 0.3) is 5.69 Å². The number of carbonyl (C=O) groups is 1. The molecule has 1 aromatic heterocycles. The van der Waals surface area contributed by atoms with E-state index in [2.05, 4.69) is 24.2 Å². The van der Waals surface area contributed by atoms with E-state index in [1.54, 1.807) is 4.68 Å². The largest absolute Gasteiger partial charge is 0.292 e. The minimum absolute atomic E-state index is 0.0956. The molecule has 0 saturated carbocycles. The second kappa shape index (κ2) is 5.58. The van der Waals surface area contributed by atoms with Crippen molar-refractivity contribution in [3.8, 4) is 5.69 Å². The van der Waals surface area contributed by atoms with Gasteiger partial charge in [-0.3, -0.25) is 4.79 Å². The van der Waals surface area contributed by atoms with E-state index in [1.165, 1.54) is 6.20 Å². The fourth-order valence-electron chi connectivity index (χ4n) is 1.75. The Kier molecular flexibility index (Phi) is 3.87. The van der Waals surface area contributed by atoms with Gasteiger partial charge in [-0.2, -0.15) is 0 Å². The SMILES string of the molecule is CCC(C)CC(=O)c1cnnn1-c1ccccc1. The van der Waals surface area contributed by atoms with Crippen molar-refractivity contribution in [1.82, 2.24) is 15.0 Å². The number of nitrogens with zero attached hydrogens (tertiary/aromatic N) is 3. The standard InChI is InChI=1S/C14H17N3O/c1-3-11(2)9-14(18)13-10-15-16-17(13)12-7-5-4-6-8-12/h4-8,10-11H,3,9H2,1-2H3. The van der Waals surface area contributed by atoms with Gasteiger partial charge < -0.3 is 0 Å². The second-order valence-corrected chi connectivity index (χ2v) is 4.51. The molecule has 0 radical (unpaired) electrons. The van der Waals surface area contributed by atoms with Crippen molar-refractivity contribution >= 4 is 5.78 Å².